The van der Waals surface area contributed by atoms with Crippen molar-refractivity contribution in [1.29, 1.82) is 0 Å². The highest BCUT2D eigenvalue weighted by molar-refractivity contribution is 5.97. The Kier molecular flexibility index (Phi) is 6.54. The topological polar surface area (TPSA) is 62.2 Å². The van der Waals surface area contributed by atoms with E-state index in [1.807, 2.05) is 61.2 Å². The lowest BCUT2D eigenvalue weighted by molar-refractivity contribution is -0.125. The maximum absolute atomic E-state index is 12.9. The van der Waals surface area contributed by atoms with Crippen LogP contribution in [0.25, 0.3) is 0 Å². The van der Waals surface area contributed by atoms with Crippen LogP contribution in [-0.4, -0.2) is 48.8 Å². The Morgan fingerprint density at radius 3 is 2.54 bits per heavy atom. The summed E-state index contributed by atoms with van der Waals surface area (Å²) in [5.74, 6) is 1.57. The lowest BCUT2D eigenvalue weighted by Gasteiger charge is -2.39. The first-order chi connectivity index (χ1) is 13.6. The first-order valence-electron chi connectivity index (χ1n) is 9.62. The Hall–Kier alpha value is -2.57. The third-order valence-corrected chi connectivity index (χ3v) is 5.15. The number of hydrogen-bond donors (Lipinski definition) is 1. The summed E-state index contributed by atoms with van der Waals surface area (Å²) < 4.78 is 10.7. The van der Waals surface area contributed by atoms with Gasteiger partial charge in [0.05, 0.1) is 26.4 Å². The SMILES string of the molecule is CCOc1ccc(CN2CCN(c3ccc(OC)cc3)C(=O)C2C)cc1CO. The molecule has 0 radical (unpaired) electrons. The number of ether oxygens (including phenoxy) is 2. The average molecular weight is 384 g/mol. The predicted molar refractivity (Wildman–Crippen MR) is 109 cm³/mol. The maximum atomic E-state index is 12.9. The third kappa shape index (κ3) is 4.29. The summed E-state index contributed by atoms with van der Waals surface area (Å²) in [7, 11) is 1.63. The summed E-state index contributed by atoms with van der Waals surface area (Å²) >= 11 is 0. The molecule has 1 aliphatic heterocycles. The second kappa shape index (κ2) is 9.08. The van der Waals surface area contributed by atoms with Crippen LogP contribution >= 0.6 is 0 Å². The van der Waals surface area contributed by atoms with Crippen molar-refractivity contribution in [3.8, 4) is 11.5 Å². The zero-order valence-electron chi connectivity index (χ0n) is 16.7. The Bertz CT molecular complexity index is 807. The number of aliphatic hydroxyl groups is 1. The molecule has 0 saturated carbocycles. The van der Waals surface area contributed by atoms with Gasteiger partial charge in [-0.1, -0.05) is 6.07 Å². The third-order valence-electron chi connectivity index (χ3n) is 5.15. The highest BCUT2D eigenvalue weighted by Crippen LogP contribution is 2.25. The van der Waals surface area contributed by atoms with E-state index in [-0.39, 0.29) is 18.6 Å². The minimum Gasteiger partial charge on any atom is -0.497 e. The van der Waals surface area contributed by atoms with Crippen LogP contribution in [-0.2, 0) is 17.9 Å². The predicted octanol–water partition coefficient (Wildman–Crippen LogP) is 2.82. The number of piperazine rings is 1. The molecule has 0 bridgehead atoms. The van der Waals surface area contributed by atoms with Gasteiger partial charge in [-0.05, 0) is 55.8 Å². The van der Waals surface area contributed by atoms with Crippen LogP contribution in [0.15, 0.2) is 42.5 Å². The van der Waals surface area contributed by atoms with E-state index in [1.165, 1.54) is 0 Å². The maximum Gasteiger partial charge on any atom is 0.244 e. The number of carbonyl (C=O) groups is 1. The van der Waals surface area contributed by atoms with E-state index in [0.717, 1.165) is 29.1 Å². The van der Waals surface area contributed by atoms with Gasteiger partial charge in [-0.25, -0.2) is 0 Å². The van der Waals surface area contributed by atoms with E-state index in [4.69, 9.17) is 9.47 Å². The van der Waals surface area contributed by atoms with Gasteiger partial charge in [0.25, 0.3) is 0 Å². The van der Waals surface area contributed by atoms with Gasteiger partial charge in [0, 0.05) is 30.9 Å². The molecule has 150 valence electrons. The van der Waals surface area contributed by atoms with E-state index < -0.39 is 0 Å². The number of rotatable bonds is 7. The number of hydrogen-bond acceptors (Lipinski definition) is 5. The van der Waals surface area contributed by atoms with E-state index in [2.05, 4.69) is 4.90 Å². The zero-order chi connectivity index (χ0) is 20.1. The number of benzene rings is 2. The van der Waals surface area contributed by atoms with Crippen molar-refractivity contribution in [2.75, 3.05) is 31.7 Å². The minimum absolute atomic E-state index is 0.0666. The van der Waals surface area contributed by atoms with Crippen molar-refractivity contribution in [2.45, 2.75) is 33.0 Å². The van der Waals surface area contributed by atoms with Gasteiger partial charge in [-0.2, -0.15) is 0 Å². The monoisotopic (exact) mass is 384 g/mol. The summed E-state index contributed by atoms with van der Waals surface area (Å²) in [5, 5.41) is 9.60. The largest absolute Gasteiger partial charge is 0.497 e. The number of carbonyl (C=O) groups excluding carboxylic acids is 1. The van der Waals surface area contributed by atoms with Crippen molar-refractivity contribution in [3.05, 3.63) is 53.6 Å². The van der Waals surface area contributed by atoms with Gasteiger partial charge in [0.15, 0.2) is 0 Å². The number of nitrogens with zero attached hydrogens (tertiary/aromatic N) is 2. The molecule has 2 aromatic rings. The first-order valence-corrected chi connectivity index (χ1v) is 9.62. The molecule has 1 N–H and O–H groups in total. The lowest BCUT2D eigenvalue weighted by atomic mass is 10.1. The molecule has 28 heavy (non-hydrogen) atoms. The molecule has 2 aromatic carbocycles. The molecule has 0 spiro atoms. The van der Waals surface area contributed by atoms with Gasteiger partial charge < -0.3 is 19.5 Å². The first kappa shape index (κ1) is 20.2. The Balaban J connectivity index is 1.69. The molecule has 1 saturated heterocycles. The van der Waals surface area contributed by atoms with Crippen molar-refractivity contribution < 1.29 is 19.4 Å². The molecule has 1 fully saturated rings. The minimum atomic E-state index is -0.222. The van der Waals surface area contributed by atoms with Crippen LogP contribution in [0.1, 0.15) is 25.0 Å². The summed E-state index contributed by atoms with van der Waals surface area (Å²) in [5.41, 5.74) is 2.72. The molecule has 3 rings (SSSR count). The highest BCUT2D eigenvalue weighted by atomic mass is 16.5. The van der Waals surface area contributed by atoms with Crippen molar-refractivity contribution in [2.24, 2.45) is 0 Å². The zero-order valence-corrected chi connectivity index (χ0v) is 16.7. The molecule has 1 aliphatic rings. The van der Waals surface area contributed by atoms with E-state index in [1.54, 1.807) is 7.11 Å². The quantitative estimate of drug-likeness (QED) is 0.795. The average Bonchev–Trinajstić information content (AvgIpc) is 2.73. The molecule has 6 nitrogen and oxygen atoms in total. The highest BCUT2D eigenvalue weighted by Gasteiger charge is 2.32. The van der Waals surface area contributed by atoms with Crippen molar-refractivity contribution in [3.63, 3.8) is 0 Å². The molecular weight excluding hydrogens is 356 g/mol. The Labute approximate surface area is 166 Å². The van der Waals surface area contributed by atoms with Crippen LogP contribution < -0.4 is 14.4 Å². The fourth-order valence-corrected chi connectivity index (χ4v) is 3.53. The summed E-state index contributed by atoms with van der Waals surface area (Å²) in [6.45, 7) is 6.43. The van der Waals surface area contributed by atoms with Gasteiger partial charge in [0.2, 0.25) is 5.91 Å². The van der Waals surface area contributed by atoms with Gasteiger partial charge in [0.1, 0.15) is 11.5 Å². The molecule has 6 heteroatoms. The number of methoxy groups -OCH3 is 1. The molecular formula is C22H28N2O4. The van der Waals surface area contributed by atoms with E-state index >= 15 is 0 Å². The van der Waals surface area contributed by atoms with Crippen molar-refractivity contribution >= 4 is 11.6 Å². The Morgan fingerprint density at radius 2 is 1.89 bits per heavy atom. The van der Waals surface area contributed by atoms with Gasteiger partial charge >= 0.3 is 0 Å². The summed E-state index contributed by atoms with van der Waals surface area (Å²) in [6.07, 6.45) is 0. The molecule has 1 unspecified atom stereocenters. The normalized spacial score (nSPS) is 17.6. The Morgan fingerprint density at radius 1 is 1.14 bits per heavy atom. The van der Waals surface area contributed by atoms with E-state index in [9.17, 15) is 9.90 Å². The van der Waals surface area contributed by atoms with Crippen molar-refractivity contribution in [1.82, 2.24) is 4.90 Å². The second-order valence-electron chi connectivity index (χ2n) is 6.87. The van der Waals surface area contributed by atoms with Gasteiger partial charge in [-0.15, -0.1) is 0 Å². The molecule has 1 amide bonds. The van der Waals surface area contributed by atoms with Gasteiger partial charge in [-0.3, -0.25) is 9.69 Å². The number of anilines is 1. The fraction of sp³-hybridized carbons (Fsp3) is 0.409. The van der Waals surface area contributed by atoms with Crippen LogP contribution in [0.3, 0.4) is 0 Å². The number of amides is 1. The van der Waals surface area contributed by atoms with Crippen LogP contribution in [0.5, 0.6) is 11.5 Å². The summed E-state index contributed by atoms with van der Waals surface area (Å²) in [6, 6.07) is 13.2. The smallest absolute Gasteiger partial charge is 0.244 e. The van der Waals surface area contributed by atoms with E-state index in [0.29, 0.717) is 25.4 Å². The fourth-order valence-electron chi connectivity index (χ4n) is 3.53. The summed E-state index contributed by atoms with van der Waals surface area (Å²) in [4.78, 5) is 16.9. The second-order valence-corrected chi connectivity index (χ2v) is 6.87. The van der Waals surface area contributed by atoms with Crippen LogP contribution in [0.2, 0.25) is 0 Å². The molecule has 0 aromatic heterocycles. The lowest BCUT2D eigenvalue weighted by Crippen LogP contribution is -2.55. The molecule has 1 atom stereocenters. The standard InChI is InChI=1S/C22H28N2O4/c1-4-28-21-10-5-17(13-18(21)15-25)14-23-11-12-24(22(26)16(23)2)19-6-8-20(27-3)9-7-19/h5-10,13,16,25H,4,11-12,14-15H2,1-3H3. The van der Waals surface area contributed by atoms with Crippen LogP contribution in [0, 0.1) is 0 Å². The molecule has 0 aliphatic carbocycles. The van der Waals surface area contributed by atoms with Crippen LogP contribution in [0.4, 0.5) is 5.69 Å². The number of aliphatic hydroxyl groups excluding tert-OH is 1. The molecule has 1 heterocycles.